The molecule has 8 aromatic rings. The first-order chi connectivity index (χ1) is 49.2. The molecular weight excluding hydrogens is 1320 g/mol. The quantitative estimate of drug-likeness (QED) is 0.0226. The molecule has 22 nitrogen and oxygen atoms in total. The number of aromatic nitrogens is 10. The molecule has 1 atom stereocenters. The maximum atomic E-state index is 9.48. The summed E-state index contributed by atoms with van der Waals surface area (Å²) in [6.45, 7) is 26.6. The van der Waals surface area contributed by atoms with Crippen LogP contribution in [0.2, 0.25) is 0 Å². The number of anilines is 1. The molecule has 2 aliphatic rings. The van der Waals surface area contributed by atoms with E-state index in [9.17, 15) is 5.11 Å². The summed E-state index contributed by atoms with van der Waals surface area (Å²) in [6, 6.07) is 24.7. The fraction of sp³-hybridized carbons (Fsp3) is 0.590. The molecule has 105 heavy (non-hydrogen) atoms. The van der Waals surface area contributed by atoms with Crippen molar-refractivity contribution in [2.75, 3.05) is 126 Å². The summed E-state index contributed by atoms with van der Waals surface area (Å²) in [7, 11) is 12.5. The van der Waals surface area contributed by atoms with Crippen LogP contribution in [0.25, 0.3) is 45.0 Å². The predicted octanol–water partition coefficient (Wildman–Crippen LogP) is 16.8. The second-order valence-electron chi connectivity index (χ2n) is 27.5. The van der Waals surface area contributed by atoms with Crippen LogP contribution >= 0.6 is 0 Å². The van der Waals surface area contributed by atoms with Crippen LogP contribution in [0.1, 0.15) is 177 Å². The molecule has 0 aliphatic carbocycles. The molecule has 0 amide bonds. The van der Waals surface area contributed by atoms with Crippen LogP contribution in [0, 0.1) is 11.8 Å². The van der Waals surface area contributed by atoms with Crippen LogP contribution in [0.3, 0.4) is 0 Å². The zero-order valence-electron chi connectivity index (χ0n) is 63.0. The molecule has 1 unspecified atom stereocenters. The summed E-state index contributed by atoms with van der Waals surface area (Å²) in [5.41, 5.74) is 14.7. The Kier molecular flexibility index (Phi) is 45.1. The number of benzene rings is 2. The zero-order valence-corrected chi connectivity index (χ0v) is 63.0. The standard InChI is InChI=1S/C22H34N4O.C21H33N3O2.C19H28N4O2.C17H26N4O2.4CH4/c1-4-5-12-25(2)17-20-15-23-24-22(20)19-6-8-21(9-7-19)26(3)16-18-10-13-27-14-11-18;1-5-6-11-24(4)14-18-13-22-23-21(18)17-7-9-19(10-8-17)26-20(15-25)12-16(2)3;1-3-4-9-23(2)14-16-13-21-22-19(16)15-5-6-18(20-12-15)25-17-7-10-24-11-8-17;1-4-5-8-21(2)13-15-12-19-20-17(15)14-6-7-16(18-11-14)23-10-9-22-3;;;;/h6-9,15,18H,4-5,10-14,16-17H2,1-3H3,(H,23,24);7-10,13,16,20,25H,5-6,11-12,14-15H2,1-4H3,(H,22,23);5-6,12-13,17H,3-4,7-11,14H2,1-2H3,(H,21,22);6-7,11-12H,4-5,8-10,13H2,1-3H3,(H,19,20);4*1H4. The number of pyridine rings is 2. The first kappa shape index (κ1) is 91.7. The second-order valence-corrected chi connectivity index (χ2v) is 27.5. The number of unbranched alkanes of at least 4 members (excludes halogenated alkanes) is 4. The Morgan fingerprint density at radius 3 is 1.24 bits per heavy atom. The summed E-state index contributed by atoms with van der Waals surface area (Å²) in [4.78, 5) is 20.5. The van der Waals surface area contributed by atoms with E-state index in [0.717, 1.165) is 156 Å². The van der Waals surface area contributed by atoms with Gasteiger partial charge in [-0.3, -0.25) is 20.4 Å². The highest BCUT2D eigenvalue weighted by Gasteiger charge is 2.20. The molecule has 0 radical (unpaired) electrons. The summed E-state index contributed by atoms with van der Waals surface area (Å²) in [5.74, 6) is 3.29. The fourth-order valence-corrected chi connectivity index (χ4v) is 12.2. The van der Waals surface area contributed by atoms with Gasteiger partial charge in [-0.1, -0.05) is 109 Å². The largest absolute Gasteiger partial charge is 0.488 e. The minimum absolute atomic E-state index is 0. The summed E-state index contributed by atoms with van der Waals surface area (Å²) in [5, 5.41) is 38.9. The van der Waals surface area contributed by atoms with Crippen LogP contribution in [0.5, 0.6) is 17.5 Å². The highest BCUT2D eigenvalue weighted by atomic mass is 16.5. The van der Waals surface area contributed by atoms with Gasteiger partial charge in [-0.2, -0.15) is 20.4 Å². The monoisotopic (exact) mass is 1460 g/mol. The predicted molar refractivity (Wildman–Crippen MR) is 433 cm³/mol. The molecule has 0 saturated carbocycles. The average molecular weight is 1460 g/mol. The Morgan fingerprint density at radius 2 is 0.867 bits per heavy atom. The van der Waals surface area contributed by atoms with E-state index in [4.69, 9.17) is 28.4 Å². The van der Waals surface area contributed by atoms with E-state index in [2.05, 4.69) is 176 Å². The number of aliphatic hydroxyl groups is 1. The SMILES string of the molecule is C.C.C.C.CCCCN(C)Cc1cn[nH]c1-c1ccc(N(C)CC2CCOCC2)cc1.CCCCN(C)Cc1cn[nH]c1-c1ccc(OC(CO)CC(C)C)cc1.CCCCN(C)Cc1cn[nH]c1-c1ccc(OC2CCOCC2)nc1.CCCCN(C)Cc1cn[nH]c1-c1ccc(OCCOC)nc1. The van der Waals surface area contributed by atoms with Crippen molar-refractivity contribution in [1.29, 1.82) is 0 Å². The lowest BCUT2D eigenvalue weighted by Gasteiger charge is -2.28. The zero-order chi connectivity index (χ0) is 72.0. The topological polar surface area (TPSA) is 232 Å². The van der Waals surface area contributed by atoms with Crippen LogP contribution in [0.15, 0.2) is 110 Å². The molecule has 0 spiro atoms. The number of methoxy groups -OCH3 is 1. The number of hydrogen-bond acceptors (Lipinski definition) is 18. The first-order valence-electron chi connectivity index (χ1n) is 37.1. The minimum atomic E-state index is -0.157. The maximum absolute atomic E-state index is 9.48. The molecule has 0 bridgehead atoms. The van der Waals surface area contributed by atoms with E-state index < -0.39 is 0 Å². The van der Waals surface area contributed by atoms with Gasteiger partial charge in [0, 0.05) is 148 Å². The van der Waals surface area contributed by atoms with Crippen molar-refractivity contribution in [2.24, 2.45) is 11.8 Å². The van der Waals surface area contributed by atoms with Gasteiger partial charge in [-0.05, 0) is 160 Å². The number of aromatic amines is 4. The third kappa shape index (κ3) is 32.2. The van der Waals surface area contributed by atoms with E-state index in [0.29, 0.717) is 30.9 Å². The van der Waals surface area contributed by atoms with Crippen LogP contribution < -0.4 is 19.1 Å². The average Bonchev–Trinajstić information content (AvgIpc) is 1.79. The van der Waals surface area contributed by atoms with E-state index in [1.807, 2.05) is 85.7 Å². The molecule has 6 aromatic heterocycles. The van der Waals surface area contributed by atoms with Gasteiger partial charge in [0.15, 0.2) is 0 Å². The van der Waals surface area contributed by atoms with Crippen molar-refractivity contribution in [3.63, 3.8) is 0 Å². The lowest BCUT2D eigenvalue weighted by Crippen LogP contribution is -2.29. The van der Waals surface area contributed by atoms with Crippen molar-refractivity contribution in [3.05, 3.63) is 132 Å². The van der Waals surface area contributed by atoms with Gasteiger partial charge in [-0.25, -0.2) is 9.97 Å². The Labute approximate surface area is 632 Å². The summed E-state index contributed by atoms with van der Waals surface area (Å²) < 4.78 is 33.1. The van der Waals surface area contributed by atoms with Gasteiger partial charge in [-0.15, -0.1) is 0 Å². The normalized spacial score (nSPS) is 13.3. The van der Waals surface area contributed by atoms with E-state index >= 15 is 0 Å². The molecule has 2 saturated heterocycles. The number of H-pyrrole nitrogens is 4. The van der Waals surface area contributed by atoms with Crippen molar-refractivity contribution in [3.8, 4) is 62.5 Å². The van der Waals surface area contributed by atoms with Crippen molar-refractivity contribution < 1.29 is 33.5 Å². The molecule has 8 heterocycles. The van der Waals surface area contributed by atoms with E-state index in [-0.39, 0.29) is 48.5 Å². The van der Waals surface area contributed by atoms with Crippen LogP contribution in [-0.2, 0) is 40.4 Å². The van der Waals surface area contributed by atoms with Crippen LogP contribution in [-0.4, -0.2) is 209 Å². The van der Waals surface area contributed by atoms with Gasteiger partial charge in [0.1, 0.15) is 24.6 Å². The molecule has 10 rings (SSSR count). The number of hydrogen-bond donors (Lipinski definition) is 5. The fourth-order valence-electron chi connectivity index (χ4n) is 12.2. The van der Waals surface area contributed by atoms with Gasteiger partial charge in [0.05, 0.1) is 74.0 Å². The number of aliphatic hydroxyl groups excluding tert-OH is 1. The number of nitrogens with zero attached hydrogens (tertiary/aromatic N) is 11. The third-order valence-corrected chi connectivity index (χ3v) is 18.1. The lowest BCUT2D eigenvalue weighted by atomic mass is 9.99. The van der Waals surface area contributed by atoms with Gasteiger partial charge in [0.2, 0.25) is 11.8 Å². The van der Waals surface area contributed by atoms with Crippen LogP contribution in [0.4, 0.5) is 5.69 Å². The van der Waals surface area contributed by atoms with Gasteiger partial charge >= 0.3 is 0 Å². The van der Waals surface area contributed by atoms with Gasteiger partial charge < -0.3 is 58.0 Å². The Morgan fingerprint density at radius 1 is 0.486 bits per heavy atom. The number of rotatable bonds is 38. The molecule has 2 fully saturated rings. The number of ether oxygens (including phenoxy) is 6. The van der Waals surface area contributed by atoms with Crippen molar-refractivity contribution in [2.45, 2.75) is 193 Å². The third-order valence-electron chi connectivity index (χ3n) is 18.1. The number of nitrogens with one attached hydrogen (secondary N) is 4. The van der Waals surface area contributed by atoms with Crippen molar-refractivity contribution in [1.82, 2.24) is 70.4 Å². The Hall–Kier alpha value is -7.54. The molecule has 2 aliphatic heterocycles. The highest BCUT2D eigenvalue weighted by molar-refractivity contribution is 5.67. The van der Waals surface area contributed by atoms with Gasteiger partial charge in [0.25, 0.3) is 0 Å². The smallest absolute Gasteiger partial charge is 0.213 e. The summed E-state index contributed by atoms with van der Waals surface area (Å²) >= 11 is 0. The first-order valence-corrected chi connectivity index (χ1v) is 37.1. The Bertz CT molecular complexity index is 3420. The maximum Gasteiger partial charge on any atom is 0.213 e. The minimum Gasteiger partial charge on any atom is -0.488 e. The van der Waals surface area contributed by atoms with Crippen molar-refractivity contribution >= 4 is 5.69 Å². The molecule has 5 N–H and O–H groups in total. The van der Waals surface area contributed by atoms with E-state index in [1.54, 1.807) is 7.11 Å². The second kappa shape index (κ2) is 51.6. The highest BCUT2D eigenvalue weighted by Crippen LogP contribution is 2.30. The van der Waals surface area contributed by atoms with E-state index in [1.165, 1.54) is 97.7 Å². The molecule has 2 aromatic carbocycles. The molecular formula is C83H137N15O7. The lowest BCUT2D eigenvalue weighted by molar-refractivity contribution is 0.0237. The molecule has 22 heteroatoms. The summed E-state index contributed by atoms with van der Waals surface area (Å²) in [6.07, 6.45) is 26.1. The Balaban J connectivity index is 0.000000359. The molecule has 586 valence electrons.